The van der Waals surface area contributed by atoms with Crippen molar-refractivity contribution in [2.75, 3.05) is 18.6 Å². The van der Waals surface area contributed by atoms with E-state index in [1.165, 1.54) is 18.7 Å². The smallest absolute Gasteiger partial charge is 0.240 e. The number of halogens is 2. The number of hydrogen-bond donors (Lipinski definition) is 2. The van der Waals surface area contributed by atoms with Crippen LogP contribution in [0.2, 0.25) is 0 Å². The van der Waals surface area contributed by atoms with Gasteiger partial charge in [-0.25, -0.2) is 21.9 Å². The standard InChI is InChI=1S/C12H17F2NO3S2/c1-12(16,5-6-19-2)8-15-20(17,18)9-3-4-10(13)11(14)7-9/h3-4,7,15-16H,5-6,8H2,1-2H3. The first-order chi connectivity index (χ1) is 9.18. The fourth-order valence-corrected chi connectivity index (χ4v) is 3.21. The van der Waals surface area contributed by atoms with Crippen LogP contribution in [0.4, 0.5) is 8.78 Å². The highest BCUT2D eigenvalue weighted by Gasteiger charge is 2.24. The van der Waals surface area contributed by atoms with Gasteiger partial charge in [-0.05, 0) is 43.6 Å². The van der Waals surface area contributed by atoms with E-state index in [2.05, 4.69) is 4.72 Å². The molecule has 1 rings (SSSR count). The van der Waals surface area contributed by atoms with E-state index in [1.54, 1.807) is 0 Å². The highest BCUT2D eigenvalue weighted by Crippen LogP contribution is 2.16. The lowest BCUT2D eigenvalue weighted by molar-refractivity contribution is 0.0626. The molecule has 0 heterocycles. The first kappa shape index (κ1) is 17.4. The predicted molar refractivity (Wildman–Crippen MR) is 75.2 cm³/mol. The van der Waals surface area contributed by atoms with Gasteiger partial charge in [0.05, 0.1) is 10.5 Å². The van der Waals surface area contributed by atoms with Crippen LogP contribution in [0.15, 0.2) is 23.1 Å². The minimum atomic E-state index is -3.98. The zero-order valence-corrected chi connectivity index (χ0v) is 12.8. The van der Waals surface area contributed by atoms with Crippen molar-refractivity contribution in [2.24, 2.45) is 0 Å². The van der Waals surface area contributed by atoms with Crippen molar-refractivity contribution in [1.29, 1.82) is 0 Å². The van der Waals surface area contributed by atoms with E-state index in [4.69, 9.17) is 0 Å². The Bertz CT molecular complexity index is 562. The maximum absolute atomic E-state index is 13.0. The highest BCUT2D eigenvalue weighted by molar-refractivity contribution is 7.98. The Morgan fingerprint density at radius 1 is 1.35 bits per heavy atom. The quantitative estimate of drug-likeness (QED) is 0.801. The summed E-state index contributed by atoms with van der Waals surface area (Å²) in [7, 11) is -3.98. The highest BCUT2D eigenvalue weighted by atomic mass is 32.2. The van der Waals surface area contributed by atoms with Gasteiger partial charge in [-0.2, -0.15) is 11.8 Å². The van der Waals surface area contributed by atoms with E-state index in [0.717, 1.165) is 12.1 Å². The summed E-state index contributed by atoms with van der Waals surface area (Å²) in [6.45, 7) is 1.31. The summed E-state index contributed by atoms with van der Waals surface area (Å²) in [6.07, 6.45) is 2.29. The molecule has 1 atom stereocenters. The van der Waals surface area contributed by atoms with E-state index < -0.39 is 27.3 Å². The van der Waals surface area contributed by atoms with Crippen molar-refractivity contribution >= 4 is 21.8 Å². The summed E-state index contributed by atoms with van der Waals surface area (Å²) in [5.41, 5.74) is -1.20. The number of aliphatic hydroxyl groups is 1. The molecule has 114 valence electrons. The van der Waals surface area contributed by atoms with Gasteiger partial charge in [-0.3, -0.25) is 0 Å². The zero-order valence-electron chi connectivity index (χ0n) is 11.2. The van der Waals surface area contributed by atoms with Crippen LogP contribution in [-0.2, 0) is 10.0 Å². The van der Waals surface area contributed by atoms with Gasteiger partial charge < -0.3 is 5.11 Å². The molecule has 0 amide bonds. The number of nitrogens with one attached hydrogen (secondary N) is 1. The molecule has 0 aliphatic heterocycles. The topological polar surface area (TPSA) is 66.4 Å². The summed E-state index contributed by atoms with van der Waals surface area (Å²) in [5, 5.41) is 9.98. The fraction of sp³-hybridized carbons (Fsp3) is 0.500. The van der Waals surface area contributed by atoms with E-state index in [-0.39, 0.29) is 11.4 Å². The Morgan fingerprint density at radius 3 is 2.55 bits per heavy atom. The minimum absolute atomic E-state index is 0.200. The van der Waals surface area contributed by atoms with Gasteiger partial charge in [0.2, 0.25) is 10.0 Å². The van der Waals surface area contributed by atoms with Gasteiger partial charge in [0.25, 0.3) is 0 Å². The van der Waals surface area contributed by atoms with Gasteiger partial charge in [-0.15, -0.1) is 0 Å². The Hall–Kier alpha value is -0.700. The lowest BCUT2D eigenvalue weighted by atomic mass is 10.1. The molecule has 0 aliphatic rings. The molecule has 0 radical (unpaired) electrons. The molecule has 0 bridgehead atoms. The second-order valence-electron chi connectivity index (χ2n) is 4.64. The number of sulfonamides is 1. The Labute approximate surface area is 121 Å². The molecule has 1 unspecified atom stereocenters. The molecule has 0 fully saturated rings. The van der Waals surface area contributed by atoms with E-state index in [0.29, 0.717) is 18.2 Å². The molecule has 2 N–H and O–H groups in total. The summed E-state index contributed by atoms with van der Waals surface area (Å²) in [5.74, 6) is -1.67. The van der Waals surface area contributed by atoms with Gasteiger partial charge in [0.15, 0.2) is 11.6 Å². The van der Waals surface area contributed by atoms with E-state index in [1.807, 2.05) is 6.26 Å². The van der Waals surface area contributed by atoms with Crippen molar-refractivity contribution in [2.45, 2.75) is 23.8 Å². The summed E-state index contributed by atoms with van der Waals surface area (Å²) in [4.78, 5) is -0.378. The number of benzene rings is 1. The molecule has 20 heavy (non-hydrogen) atoms. The molecule has 8 heteroatoms. The Morgan fingerprint density at radius 2 is 2.00 bits per heavy atom. The van der Waals surface area contributed by atoms with E-state index in [9.17, 15) is 22.3 Å². The van der Waals surface area contributed by atoms with Crippen LogP contribution in [0, 0.1) is 11.6 Å². The van der Waals surface area contributed by atoms with Crippen molar-refractivity contribution in [1.82, 2.24) is 4.72 Å². The molecule has 0 saturated heterocycles. The lowest BCUT2D eigenvalue weighted by Gasteiger charge is -2.23. The van der Waals surface area contributed by atoms with Gasteiger partial charge in [0.1, 0.15) is 0 Å². The van der Waals surface area contributed by atoms with Crippen LogP contribution in [-0.4, -0.2) is 37.7 Å². The van der Waals surface area contributed by atoms with Gasteiger partial charge >= 0.3 is 0 Å². The molecule has 4 nitrogen and oxygen atoms in total. The third-order valence-corrected chi connectivity index (χ3v) is 4.70. The van der Waals surface area contributed by atoms with Crippen molar-refractivity contribution in [3.05, 3.63) is 29.8 Å². The molecular formula is C12H17F2NO3S2. The Kier molecular flexibility index (Phi) is 5.93. The third kappa shape index (κ3) is 5.01. The van der Waals surface area contributed by atoms with Crippen LogP contribution >= 0.6 is 11.8 Å². The molecule has 0 aromatic heterocycles. The second-order valence-corrected chi connectivity index (χ2v) is 7.39. The number of hydrogen-bond acceptors (Lipinski definition) is 4. The molecule has 0 spiro atoms. The molecule has 1 aromatic carbocycles. The predicted octanol–water partition coefficient (Wildman–Crippen LogP) is 1.75. The monoisotopic (exact) mass is 325 g/mol. The largest absolute Gasteiger partial charge is 0.389 e. The van der Waals surface area contributed by atoms with Crippen molar-refractivity contribution in [3.8, 4) is 0 Å². The third-order valence-electron chi connectivity index (χ3n) is 2.69. The number of rotatable bonds is 7. The van der Waals surface area contributed by atoms with Crippen LogP contribution in [0.1, 0.15) is 13.3 Å². The summed E-state index contributed by atoms with van der Waals surface area (Å²) >= 11 is 1.53. The molecular weight excluding hydrogens is 308 g/mol. The fourth-order valence-electron chi connectivity index (χ4n) is 1.39. The van der Waals surface area contributed by atoms with Crippen LogP contribution < -0.4 is 4.72 Å². The summed E-state index contributed by atoms with van der Waals surface area (Å²) in [6, 6.07) is 2.32. The summed E-state index contributed by atoms with van der Waals surface area (Å²) < 4.78 is 51.8. The average molecular weight is 325 g/mol. The molecule has 0 saturated carbocycles. The maximum Gasteiger partial charge on any atom is 0.240 e. The minimum Gasteiger partial charge on any atom is -0.389 e. The normalized spacial score (nSPS) is 15.1. The van der Waals surface area contributed by atoms with Crippen LogP contribution in [0.3, 0.4) is 0 Å². The van der Waals surface area contributed by atoms with Gasteiger partial charge in [-0.1, -0.05) is 0 Å². The first-order valence-electron chi connectivity index (χ1n) is 5.84. The SMILES string of the molecule is CSCCC(C)(O)CNS(=O)(=O)c1ccc(F)c(F)c1. The average Bonchev–Trinajstić information content (AvgIpc) is 2.37. The second kappa shape index (κ2) is 6.84. The molecule has 1 aromatic rings. The van der Waals surface area contributed by atoms with Crippen LogP contribution in [0.25, 0.3) is 0 Å². The number of thioether (sulfide) groups is 1. The maximum atomic E-state index is 13.0. The Balaban J connectivity index is 2.77. The molecule has 0 aliphatic carbocycles. The van der Waals surface area contributed by atoms with Crippen molar-refractivity contribution in [3.63, 3.8) is 0 Å². The van der Waals surface area contributed by atoms with Gasteiger partial charge in [0, 0.05) is 6.54 Å². The van der Waals surface area contributed by atoms with Crippen molar-refractivity contribution < 1.29 is 22.3 Å². The first-order valence-corrected chi connectivity index (χ1v) is 8.72. The zero-order chi connectivity index (χ0) is 15.4. The lowest BCUT2D eigenvalue weighted by Crippen LogP contribution is -2.41. The van der Waals surface area contributed by atoms with E-state index >= 15 is 0 Å². The van der Waals surface area contributed by atoms with Crippen LogP contribution in [0.5, 0.6) is 0 Å².